The van der Waals surface area contributed by atoms with Gasteiger partial charge in [0.1, 0.15) is 0 Å². The van der Waals surface area contributed by atoms with E-state index in [2.05, 4.69) is 0 Å². The predicted octanol–water partition coefficient (Wildman–Crippen LogP) is 4.71. The molecule has 0 aliphatic heterocycles. The first-order chi connectivity index (χ1) is 11.5. The number of halogens is 3. The minimum absolute atomic E-state index is 0. The fourth-order valence-electron chi connectivity index (χ4n) is 1.91. The summed E-state index contributed by atoms with van der Waals surface area (Å²) < 4.78 is 37.0. The summed E-state index contributed by atoms with van der Waals surface area (Å²) in [5, 5.41) is 0. The van der Waals surface area contributed by atoms with E-state index >= 15 is 0 Å². The average molecular weight is 384 g/mol. The quantitative estimate of drug-likeness (QED) is 0.545. The maximum atomic E-state index is 12.3. The Morgan fingerprint density at radius 1 is 0.800 bits per heavy atom. The molecule has 5 heteroatoms. The number of carbonyl (C=O) groups excluding carboxylic acids is 1. The van der Waals surface area contributed by atoms with Gasteiger partial charge in [-0.15, -0.1) is 0 Å². The van der Waals surface area contributed by atoms with Gasteiger partial charge in [0.05, 0.1) is 11.5 Å². The molecular formula is C20H15F3FeO+2. The molecule has 0 N–H and O–H groups in total. The SMILES string of the molecule is O=C(/C=C/c1ccc(C(F)(F)F)cc1)[C]1[CH][CH][CH][CH]1.[CH]1[CH][CH][CH][CH]1.[Fe+2]. The molecule has 2 saturated carbocycles. The molecule has 0 saturated heterocycles. The summed E-state index contributed by atoms with van der Waals surface area (Å²) in [5.74, 6) is 0.382. The van der Waals surface area contributed by atoms with Crippen LogP contribution >= 0.6 is 0 Å². The van der Waals surface area contributed by atoms with Crippen LogP contribution < -0.4 is 0 Å². The topological polar surface area (TPSA) is 17.1 Å². The maximum absolute atomic E-state index is 12.3. The van der Waals surface area contributed by atoms with Gasteiger partial charge < -0.3 is 0 Å². The van der Waals surface area contributed by atoms with Gasteiger partial charge in [-0.1, -0.05) is 18.2 Å². The van der Waals surface area contributed by atoms with Gasteiger partial charge in [-0.2, -0.15) is 13.2 Å². The zero-order valence-electron chi connectivity index (χ0n) is 13.1. The Bertz CT molecular complexity index is 531. The van der Waals surface area contributed by atoms with Crippen LogP contribution in [0.15, 0.2) is 30.3 Å². The van der Waals surface area contributed by atoms with Crippen LogP contribution in [-0.4, -0.2) is 5.78 Å². The largest absolute Gasteiger partial charge is 2.00 e. The van der Waals surface area contributed by atoms with Crippen molar-refractivity contribution in [2.45, 2.75) is 6.18 Å². The van der Waals surface area contributed by atoms with Gasteiger partial charge in [-0.05, 0) is 81.6 Å². The molecule has 0 spiro atoms. The summed E-state index contributed by atoms with van der Waals surface area (Å²) >= 11 is 0. The minimum Gasteiger partial charge on any atom is -0.294 e. The van der Waals surface area contributed by atoms with Crippen molar-refractivity contribution in [2.75, 3.05) is 0 Å². The number of hydrogen-bond donors (Lipinski definition) is 0. The molecule has 0 unspecified atom stereocenters. The number of carbonyl (C=O) groups is 1. The van der Waals surface area contributed by atoms with E-state index in [1.807, 2.05) is 32.1 Å². The van der Waals surface area contributed by atoms with Gasteiger partial charge in [0.2, 0.25) is 0 Å². The summed E-state index contributed by atoms with van der Waals surface area (Å²) in [4.78, 5) is 11.6. The summed E-state index contributed by atoms with van der Waals surface area (Å²) in [6.07, 6.45) is 15.4. The molecular weight excluding hydrogens is 369 g/mol. The molecule has 0 aromatic heterocycles. The molecule has 3 rings (SSSR count). The van der Waals surface area contributed by atoms with Crippen molar-refractivity contribution in [3.8, 4) is 0 Å². The van der Waals surface area contributed by atoms with Crippen LogP contribution in [0.5, 0.6) is 0 Å². The van der Waals surface area contributed by atoms with Crippen LogP contribution in [0.4, 0.5) is 13.2 Å². The second-order valence-corrected chi connectivity index (χ2v) is 4.95. The fraction of sp³-hybridized carbons (Fsp3) is 0.0500. The number of hydrogen-bond acceptors (Lipinski definition) is 1. The Labute approximate surface area is 158 Å². The summed E-state index contributed by atoms with van der Waals surface area (Å²) in [6, 6.07) is 4.65. The van der Waals surface area contributed by atoms with Crippen molar-refractivity contribution < 1.29 is 35.0 Å². The number of alkyl halides is 3. The molecule has 0 bridgehead atoms. The van der Waals surface area contributed by atoms with Crippen molar-refractivity contribution in [3.05, 3.63) is 105 Å². The van der Waals surface area contributed by atoms with E-state index in [1.165, 1.54) is 24.3 Å². The molecule has 2 aliphatic rings. The monoisotopic (exact) mass is 384 g/mol. The molecule has 1 nitrogen and oxygen atoms in total. The number of rotatable bonds is 3. The molecule has 25 heavy (non-hydrogen) atoms. The van der Waals surface area contributed by atoms with E-state index in [-0.39, 0.29) is 22.9 Å². The predicted molar refractivity (Wildman–Crippen MR) is 87.4 cm³/mol. The Kier molecular flexibility index (Phi) is 9.52. The molecule has 0 amide bonds. The van der Waals surface area contributed by atoms with E-state index in [4.69, 9.17) is 0 Å². The third kappa shape index (κ3) is 7.79. The van der Waals surface area contributed by atoms with Crippen molar-refractivity contribution in [1.29, 1.82) is 0 Å². The summed E-state index contributed by atoms with van der Waals surface area (Å²) in [5.41, 5.74) is -0.153. The number of benzene rings is 1. The molecule has 1 aromatic carbocycles. The molecule has 1 aromatic rings. The Balaban J connectivity index is 0.000000448. The van der Waals surface area contributed by atoms with Crippen LogP contribution in [0, 0.1) is 63.7 Å². The van der Waals surface area contributed by atoms with Gasteiger partial charge in [0.25, 0.3) is 0 Å². The van der Waals surface area contributed by atoms with E-state index in [0.29, 0.717) is 11.5 Å². The second kappa shape index (κ2) is 10.8. The molecule has 0 heterocycles. The van der Waals surface area contributed by atoms with E-state index in [0.717, 1.165) is 12.1 Å². The van der Waals surface area contributed by atoms with Crippen molar-refractivity contribution in [1.82, 2.24) is 0 Å². The molecule has 10 radical (unpaired) electrons. The van der Waals surface area contributed by atoms with Crippen LogP contribution in [0.2, 0.25) is 0 Å². The Hall–Kier alpha value is -1.06. The Morgan fingerprint density at radius 3 is 1.72 bits per heavy atom. The second-order valence-electron chi connectivity index (χ2n) is 4.95. The minimum atomic E-state index is -4.34. The van der Waals surface area contributed by atoms with Crippen LogP contribution in [-0.2, 0) is 28.0 Å². The van der Waals surface area contributed by atoms with E-state index < -0.39 is 11.7 Å². The van der Waals surface area contributed by atoms with Gasteiger partial charge >= 0.3 is 23.2 Å². The first-order valence-corrected chi connectivity index (χ1v) is 7.25. The van der Waals surface area contributed by atoms with Crippen molar-refractivity contribution in [3.63, 3.8) is 0 Å². The van der Waals surface area contributed by atoms with Gasteiger partial charge in [0.15, 0.2) is 5.78 Å². The van der Waals surface area contributed by atoms with Gasteiger partial charge in [-0.3, -0.25) is 4.79 Å². The molecule has 0 atom stereocenters. The van der Waals surface area contributed by atoms with Crippen molar-refractivity contribution in [2.24, 2.45) is 0 Å². The number of ketones is 1. The van der Waals surface area contributed by atoms with Crippen LogP contribution in [0.25, 0.3) is 6.08 Å². The van der Waals surface area contributed by atoms with E-state index in [1.54, 1.807) is 25.7 Å². The molecule has 2 fully saturated rings. The maximum Gasteiger partial charge on any atom is 2.00 e. The first-order valence-electron chi connectivity index (χ1n) is 7.25. The Morgan fingerprint density at radius 2 is 1.28 bits per heavy atom. The van der Waals surface area contributed by atoms with Gasteiger partial charge in [0, 0.05) is 0 Å². The zero-order valence-corrected chi connectivity index (χ0v) is 14.2. The van der Waals surface area contributed by atoms with Crippen LogP contribution in [0.1, 0.15) is 11.1 Å². The average Bonchev–Trinajstić information content (AvgIpc) is 3.27. The van der Waals surface area contributed by atoms with Crippen molar-refractivity contribution >= 4 is 11.9 Å². The fourth-order valence-corrected chi connectivity index (χ4v) is 1.91. The normalized spacial score (nSPS) is 17.9. The van der Waals surface area contributed by atoms with Crippen LogP contribution in [0.3, 0.4) is 0 Å². The number of allylic oxidation sites excluding steroid dienone is 1. The molecule has 128 valence electrons. The zero-order chi connectivity index (χ0) is 17.4. The standard InChI is InChI=1S/C15H10F3O.C5H5.Fe/c16-15(17,18)13-8-5-11(6-9-13)7-10-14(19)12-3-1-2-4-12;1-2-4-5-3-1;/h1-10H;1-5H;/q;;+2/b10-7+;;. The first kappa shape index (κ1) is 22.0. The smallest absolute Gasteiger partial charge is 0.294 e. The summed E-state index contributed by atoms with van der Waals surface area (Å²) in [7, 11) is 0. The van der Waals surface area contributed by atoms with E-state index in [9.17, 15) is 18.0 Å². The summed E-state index contributed by atoms with van der Waals surface area (Å²) in [6.45, 7) is 0. The third-order valence-electron chi connectivity index (χ3n) is 3.17. The van der Waals surface area contributed by atoms with Gasteiger partial charge in [-0.25, -0.2) is 0 Å². The third-order valence-corrected chi connectivity index (χ3v) is 3.17. The molecule has 2 aliphatic carbocycles.